The lowest BCUT2D eigenvalue weighted by atomic mass is 9.98. The number of hydrogen-bond acceptors (Lipinski definition) is 1. The van der Waals surface area contributed by atoms with Crippen molar-refractivity contribution in [3.05, 3.63) is 0 Å². The van der Waals surface area contributed by atoms with Gasteiger partial charge in [0.25, 0.3) is 0 Å². The molecular weight excluding hydrogens is 449 g/mol. The molecule has 0 rings (SSSR count). The van der Waals surface area contributed by atoms with E-state index in [0.717, 1.165) is 30.3 Å². The minimum absolute atomic E-state index is 0. The van der Waals surface area contributed by atoms with Gasteiger partial charge in [-0.05, 0) is 26.2 Å². The Hall–Kier alpha value is 0.500. The second-order valence-electron chi connectivity index (χ2n) is 11.2. The van der Waals surface area contributed by atoms with Crippen molar-refractivity contribution >= 4 is 11.6 Å². The Morgan fingerprint density at radius 1 is 0.636 bits per heavy atom. The maximum absolute atomic E-state index is 10.1. The van der Waals surface area contributed by atoms with Crippen LogP contribution >= 0.6 is 11.6 Å². The normalized spacial score (nSPS) is 14.6. The first-order valence-electron chi connectivity index (χ1n) is 14.5. The molecule has 0 spiro atoms. The molecule has 0 aliphatic carbocycles. The topological polar surface area (TPSA) is 20.2 Å². The molecule has 4 heteroatoms. The Morgan fingerprint density at radius 3 is 1.45 bits per heavy atom. The molecule has 0 aromatic heterocycles. The van der Waals surface area contributed by atoms with Crippen molar-refractivity contribution in [2.45, 2.75) is 167 Å². The lowest BCUT2D eigenvalue weighted by Gasteiger charge is -2.39. The number of aliphatic hydroxyl groups excluding tert-OH is 1. The standard InChI is InChI=1S/C29H61ClNO.ClH/c1-6-8-10-12-14-15-17-19-21-23-29(26-27(3)32)31(4,5)25-24-28(30)22-20-18-16-13-11-9-7-2;/h27-29,32H,6-26H2,1-5H3;1H/q+1;/p-1. The van der Waals surface area contributed by atoms with Gasteiger partial charge in [0.2, 0.25) is 0 Å². The highest BCUT2D eigenvalue weighted by Crippen LogP contribution is 2.23. The molecule has 0 saturated carbocycles. The fourth-order valence-electron chi connectivity index (χ4n) is 4.96. The van der Waals surface area contributed by atoms with E-state index in [2.05, 4.69) is 27.9 Å². The highest BCUT2D eigenvalue weighted by Gasteiger charge is 2.29. The molecule has 0 radical (unpaired) electrons. The molecule has 0 aliphatic heterocycles. The molecule has 0 fully saturated rings. The molecule has 0 bridgehead atoms. The van der Waals surface area contributed by atoms with Crippen molar-refractivity contribution in [1.82, 2.24) is 0 Å². The number of hydrogen-bond donors (Lipinski definition) is 1. The van der Waals surface area contributed by atoms with Gasteiger partial charge in [0.1, 0.15) is 0 Å². The maximum Gasteiger partial charge on any atom is 0.0911 e. The second kappa shape index (κ2) is 24.2. The third-order valence-corrected chi connectivity index (χ3v) is 7.82. The minimum Gasteiger partial charge on any atom is -1.00 e. The summed E-state index contributed by atoms with van der Waals surface area (Å²) in [6.45, 7) is 7.64. The van der Waals surface area contributed by atoms with Crippen LogP contribution in [0.5, 0.6) is 0 Å². The Balaban J connectivity index is 0. The van der Waals surface area contributed by atoms with Crippen LogP contribution in [0.15, 0.2) is 0 Å². The number of rotatable bonds is 24. The highest BCUT2D eigenvalue weighted by atomic mass is 35.5. The quantitative estimate of drug-likeness (QED) is 0.0922. The number of aliphatic hydroxyl groups is 1. The van der Waals surface area contributed by atoms with Gasteiger partial charge >= 0.3 is 0 Å². The summed E-state index contributed by atoms with van der Waals surface area (Å²) < 4.78 is 1.00. The summed E-state index contributed by atoms with van der Waals surface area (Å²) in [5.74, 6) is 0. The van der Waals surface area contributed by atoms with Gasteiger partial charge in [-0.1, -0.05) is 110 Å². The monoisotopic (exact) mass is 509 g/mol. The van der Waals surface area contributed by atoms with Crippen LogP contribution in [0, 0.1) is 0 Å². The van der Waals surface area contributed by atoms with Crippen molar-refractivity contribution in [2.75, 3.05) is 20.6 Å². The predicted molar refractivity (Wildman–Crippen MR) is 146 cm³/mol. The summed E-state index contributed by atoms with van der Waals surface area (Å²) >= 11 is 6.71. The van der Waals surface area contributed by atoms with Crippen LogP contribution in [0.3, 0.4) is 0 Å². The fraction of sp³-hybridized carbons (Fsp3) is 1.00. The first-order valence-corrected chi connectivity index (χ1v) is 14.9. The lowest BCUT2D eigenvalue weighted by molar-refractivity contribution is -0.916. The molecule has 202 valence electrons. The number of nitrogens with zero attached hydrogens (tertiary/aromatic N) is 1. The summed E-state index contributed by atoms with van der Waals surface area (Å²) in [6.07, 6.45) is 26.1. The third-order valence-electron chi connectivity index (χ3n) is 7.38. The number of alkyl halides is 1. The van der Waals surface area contributed by atoms with Crippen LogP contribution in [0.25, 0.3) is 0 Å². The summed E-state index contributed by atoms with van der Waals surface area (Å²) in [4.78, 5) is 0. The minimum atomic E-state index is -0.213. The molecule has 0 heterocycles. The van der Waals surface area contributed by atoms with Gasteiger partial charge in [0.05, 0.1) is 32.8 Å². The van der Waals surface area contributed by atoms with Gasteiger partial charge in [0.15, 0.2) is 0 Å². The summed E-state index contributed by atoms with van der Waals surface area (Å²) in [6, 6.07) is 0.544. The summed E-state index contributed by atoms with van der Waals surface area (Å²) in [5.41, 5.74) is 0. The number of unbranched alkanes of at least 4 members (excludes halogenated alkanes) is 14. The molecule has 1 N–H and O–H groups in total. The zero-order valence-electron chi connectivity index (χ0n) is 23.2. The van der Waals surface area contributed by atoms with E-state index in [9.17, 15) is 5.11 Å². The summed E-state index contributed by atoms with van der Waals surface area (Å²) in [7, 11) is 4.72. The first kappa shape index (κ1) is 35.7. The van der Waals surface area contributed by atoms with E-state index in [0.29, 0.717) is 11.4 Å². The smallest absolute Gasteiger partial charge is 0.0911 e. The second-order valence-corrected chi connectivity index (χ2v) is 11.8. The van der Waals surface area contributed by atoms with Crippen molar-refractivity contribution in [3.8, 4) is 0 Å². The molecule has 3 unspecified atom stereocenters. The molecule has 0 amide bonds. The number of halogens is 2. The Morgan fingerprint density at radius 2 is 1.03 bits per heavy atom. The van der Waals surface area contributed by atoms with E-state index in [1.807, 2.05) is 6.92 Å². The van der Waals surface area contributed by atoms with Crippen LogP contribution in [0.4, 0.5) is 0 Å². The molecular formula is C29H61Cl2NO. The van der Waals surface area contributed by atoms with E-state index in [4.69, 9.17) is 11.6 Å². The predicted octanol–water partition coefficient (Wildman–Crippen LogP) is 6.27. The van der Waals surface area contributed by atoms with E-state index in [1.54, 1.807) is 0 Å². The summed E-state index contributed by atoms with van der Waals surface area (Å²) in [5, 5.41) is 10.4. The van der Waals surface area contributed by atoms with Crippen LogP contribution < -0.4 is 12.4 Å². The molecule has 0 aromatic carbocycles. The van der Waals surface area contributed by atoms with Gasteiger partial charge < -0.3 is 22.0 Å². The molecule has 2 nitrogen and oxygen atoms in total. The Labute approximate surface area is 220 Å². The van der Waals surface area contributed by atoms with Gasteiger partial charge in [-0.25, -0.2) is 0 Å². The van der Waals surface area contributed by atoms with E-state index < -0.39 is 0 Å². The lowest BCUT2D eigenvalue weighted by Crippen LogP contribution is -3.00. The Bertz CT molecular complexity index is 390. The van der Waals surface area contributed by atoms with Crippen molar-refractivity contribution in [1.29, 1.82) is 0 Å². The van der Waals surface area contributed by atoms with Crippen LogP contribution in [-0.4, -0.2) is 47.8 Å². The molecule has 3 atom stereocenters. The maximum atomic E-state index is 10.1. The third kappa shape index (κ3) is 22.7. The molecule has 0 aliphatic rings. The van der Waals surface area contributed by atoms with Crippen LogP contribution in [0.2, 0.25) is 0 Å². The molecule has 0 aromatic rings. The van der Waals surface area contributed by atoms with E-state index in [-0.39, 0.29) is 18.5 Å². The Kier molecular flexibility index (Phi) is 26.2. The van der Waals surface area contributed by atoms with Crippen LogP contribution in [0.1, 0.15) is 149 Å². The van der Waals surface area contributed by atoms with Gasteiger partial charge in [-0.2, -0.15) is 0 Å². The van der Waals surface area contributed by atoms with Crippen LogP contribution in [-0.2, 0) is 0 Å². The van der Waals surface area contributed by atoms with E-state index >= 15 is 0 Å². The van der Waals surface area contributed by atoms with Crippen molar-refractivity contribution in [2.24, 2.45) is 0 Å². The first-order chi connectivity index (χ1) is 15.3. The average Bonchev–Trinajstić information content (AvgIpc) is 2.75. The number of quaternary nitrogens is 1. The average molecular weight is 511 g/mol. The van der Waals surface area contributed by atoms with Gasteiger partial charge in [0, 0.05) is 18.2 Å². The SMILES string of the molecule is CCCCCCCCCCCC(CC(C)O)[N+](C)(C)CCC(Cl)CCCCCCCCC.[Cl-]. The van der Waals surface area contributed by atoms with Gasteiger partial charge in [-0.15, -0.1) is 11.6 Å². The highest BCUT2D eigenvalue weighted by molar-refractivity contribution is 6.20. The van der Waals surface area contributed by atoms with Crippen molar-refractivity contribution in [3.63, 3.8) is 0 Å². The molecule has 33 heavy (non-hydrogen) atoms. The molecule has 0 saturated heterocycles. The van der Waals surface area contributed by atoms with E-state index in [1.165, 1.54) is 109 Å². The zero-order chi connectivity index (χ0) is 24.1. The fourth-order valence-corrected chi connectivity index (χ4v) is 5.21. The largest absolute Gasteiger partial charge is 1.00 e. The van der Waals surface area contributed by atoms with Gasteiger partial charge in [-0.3, -0.25) is 0 Å². The zero-order valence-corrected chi connectivity index (χ0v) is 24.7. The van der Waals surface area contributed by atoms with Crippen molar-refractivity contribution < 1.29 is 22.0 Å².